The summed E-state index contributed by atoms with van der Waals surface area (Å²) in [5.41, 5.74) is 8.65. The molecule has 1 aromatic carbocycles. The van der Waals surface area contributed by atoms with Crippen LogP contribution in [-0.2, 0) is 13.5 Å². The zero-order chi connectivity index (χ0) is 12.4. The molecule has 90 valence electrons. The van der Waals surface area contributed by atoms with Gasteiger partial charge in [-0.05, 0) is 19.5 Å². The average Bonchev–Trinajstić information content (AvgIpc) is 2.57. The van der Waals surface area contributed by atoms with Crippen LogP contribution in [-0.4, -0.2) is 16.1 Å². The standard InChI is InChI=1S/C13H16ClN3/c1-9-13(10-5-3-4-6-11(10)14)17(2)12(16-9)7-8-15/h3-6H,7-8,15H2,1-2H3. The highest BCUT2D eigenvalue weighted by Crippen LogP contribution is 2.30. The summed E-state index contributed by atoms with van der Waals surface area (Å²) in [6, 6.07) is 7.82. The number of halogens is 1. The summed E-state index contributed by atoms with van der Waals surface area (Å²) in [5.74, 6) is 1.000. The summed E-state index contributed by atoms with van der Waals surface area (Å²) in [5, 5.41) is 0.748. The minimum atomic E-state index is 0.603. The fraction of sp³-hybridized carbons (Fsp3) is 0.308. The van der Waals surface area contributed by atoms with Crippen molar-refractivity contribution in [3.05, 3.63) is 40.8 Å². The van der Waals surface area contributed by atoms with Crippen molar-refractivity contribution in [1.29, 1.82) is 0 Å². The number of hydrogen-bond acceptors (Lipinski definition) is 2. The van der Waals surface area contributed by atoms with E-state index < -0.39 is 0 Å². The summed E-state index contributed by atoms with van der Waals surface area (Å²) < 4.78 is 2.07. The normalized spacial score (nSPS) is 10.8. The molecule has 2 aromatic rings. The van der Waals surface area contributed by atoms with Crippen LogP contribution in [0.2, 0.25) is 5.02 Å². The Bertz CT molecular complexity index is 531. The monoisotopic (exact) mass is 249 g/mol. The van der Waals surface area contributed by atoms with Crippen molar-refractivity contribution >= 4 is 11.6 Å². The van der Waals surface area contributed by atoms with Gasteiger partial charge in [-0.25, -0.2) is 4.98 Å². The van der Waals surface area contributed by atoms with Gasteiger partial charge in [0.05, 0.1) is 11.4 Å². The van der Waals surface area contributed by atoms with E-state index in [0.717, 1.165) is 34.2 Å². The maximum absolute atomic E-state index is 6.22. The summed E-state index contributed by atoms with van der Waals surface area (Å²) in [6.07, 6.45) is 0.780. The maximum atomic E-state index is 6.22. The number of aromatic nitrogens is 2. The second-order valence-corrected chi connectivity index (χ2v) is 4.45. The van der Waals surface area contributed by atoms with Crippen LogP contribution in [0.25, 0.3) is 11.3 Å². The molecule has 1 aromatic heterocycles. The number of aryl methyl sites for hydroxylation is 1. The molecule has 2 rings (SSSR count). The number of imidazole rings is 1. The van der Waals surface area contributed by atoms with Gasteiger partial charge in [0, 0.05) is 24.1 Å². The Hall–Kier alpha value is -1.32. The van der Waals surface area contributed by atoms with E-state index in [1.165, 1.54) is 0 Å². The van der Waals surface area contributed by atoms with Crippen molar-refractivity contribution in [2.45, 2.75) is 13.3 Å². The lowest BCUT2D eigenvalue weighted by molar-refractivity contribution is 0.782. The van der Waals surface area contributed by atoms with E-state index in [4.69, 9.17) is 17.3 Å². The third-order valence-electron chi connectivity index (χ3n) is 2.86. The van der Waals surface area contributed by atoms with E-state index in [1.807, 2.05) is 38.2 Å². The van der Waals surface area contributed by atoms with Gasteiger partial charge in [-0.15, -0.1) is 0 Å². The average molecular weight is 250 g/mol. The van der Waals surface area contributed by atoms with Crippen LogP contribution in [0.5, 0.6) is 0 Å². The van der Waals surface area contributed by atoms with Gasteiger partial charge in [-0.3, -0.25) is 0 Å². The quantitative estimate of drug-likeness (QED) is 0.909. The Morgan fingerprint density at radius 3 is 2.71 bits per heavy atom. The van der Waals surface area contributed by atoms with Crippen LogP contribution >= 0.6 is 11.6 Å². The Labute approximate surface area is 106 Å². The predicted molar refractivity (Wildman–Crippen MR) is 71.1 cm³/mol. The zero-order valence-corrected chi connectivity index (χ0v) is 10.8. The number of hydrogen-bond donors (Lipinski definition) is 1. The van der Waals surface area contributed by atoms with Crippen molar-refractivity contribution in [3.63, 3.8) is 0 Å². The third-order valence-corrected chi connectivity index (χ3v) is 3.19. The van der Waals surface area contributed by atoms with E-state index in [-0.39, 0.29) is 0 Å². The highest BCUT2D eigenvalue weighted by atomic mass is 35.5. The van der Waals surface area contributed by atoms with Crippen molar-refractivity contribution in [1.82, 2.24) is 9.55 Å². The summed E-state index contributed by atoms with van der Waals surface area (Å²) >= 11 is 6.22. The van der Waals surface area contributed by atoms with Crippen LogP contribution < -0.4 is 5.73 Å². The lowest BCUT2D eigenvalue weighted by Crippen LogP contribution is -2.08. The van der Waals surface area contributed by atoms with Crippen molar-refractivity contribution < 1.29 is 0 Å². The number of nitrogens with two attached hydrogens (primary N) is 1. The van der Waals surface area contributed by atoms with Gasteiger partial charge in [-0.1, -0.05) is 29.8 Å². The maximum Gasteiger partial charge on any atom is 0.110 e. The summed E-state index contributed by atoms with van der Waals surface area (Å²) in [6.45, 7) is 2.60. The van der Waals surface area contributed by atoms with Gasteiger partial charge in [0.2, 0.25) is 0 Å². The first-order valence-electron chi connectivity index (χ1n) is 5.62. The first kappa shape index (κ1) is 12.1. The third kappa shape index (κ3) is 2.21. The Morgan fingerprint density at radius 2 is 2.06 bits per heavy atom. The van der Waals surface area contributed by atoms with Crippen LogP contribution in [0.1, 0.15) is 11.5 Å². The molecule has 17 heavy (non-hydrogen) atoms. The molecule has 1 heterocycles. The minimum Gasteiger partial charge on any atom is -0.331 e. The van der Waals surface area contributed by atoms with Gasteiger partial charge in [0.1, 0.15) is 5.82 Å². The molecule has 0 aliphatic heterocycles. The fourth-order valence-corrected chi connectivity index (χ4v) is 2.30. The van der Waals surface area contributed by atoms with E-state index in [0.29, 0.717) is 6.54 Å². The highest BCUT2D eigenvalue weighted by molar-refractivity contribution is 6.33. The number of benzene rings is 1. The molecule has 4 heteroatoms. The Kier molecular flexibility index (Phi) is 3.50. The molecule has 0 spiro atoms. The smallest absolute Gasteiger partial charge is 0.110 e. The minimum absolute atomic E-state index is 0.603. The van der Waals surface area contributed by atoms with Crippen LogP contribution in [0.3, 0.4) is 0 Å². The fourth-order valence-electron chi connectivity index (χ4n) is 2.07. The van der Waals surface area contributed by atoms with Crippen LogP contribution in [0.4, 0.5) is 0 Å². The summed E-state index contributed by atoms with van der Waals surface area (Å²) in [7, 11) is 2.00. The molecule has 0 saturated heterocycles. The number of rotatable bonds is 3. The topological polar surface area (TPSA) is 43.8 Å². The molecule has 0 atom stereocenters. The van der Waals surface area contributed by atoms with Crippen molar-refractivity contribution in [2.24, 2.45) is 12.8 Å². The molecule has 0 saturated carbocycles. The van der Waals surface area contributed by atoms with E-state index in [2.05, 4.69) is 9.55 Å². The summed E-state index contributed by atoms with van der Waals surface area (Å²) in [4.78, 5) is 4.54. The molecule has 0 aliphatic carbocycles. The van der Waals surface area contributed by atoms with E-state index >= 15 is 0 Å². The van der Waals surface area contributed by atoms with Gasteiger partial charge >= 0.3 is 0 Å². The lowest BCUT2D eigenvalue weighted by atomic mass is 10.1. The predicted octanol–water partition coefficient (Wildman–Crippen LogP) is 2.55. The lowest BCUT2D eigenvalue weighted by Gasteiger charge is -2.08. The highest BCUT2D eigenvalue weighted by Gasteiger charge is 2.14. The molecule has 0 amide bonds. The second-order valence-electron chi connectivity index (χ2n) is 4.04. The van der Waals surface area contributed by atoms with Crippen molar-refractivity contribution in [3.8, 4) is 11.3 Å². The molecule has 2 N–H and O–H groups in total. The van der Waals surface area contributed by atoms with E-state index in [9.17, 15) is 0 Å². The molecular formula is C13H16ClN3. The van der Waals surface area contributed by atoms with E-state index in [1.54, 1.807) is 0 Å². The van der Waals surface area contributed by atoms with Gasteiger partial charge in [-0.2, -0.15) is 0 Å². The largest absolute Gasteiger partial charge is 0.331 e. The first-order valence-corrected chi connectivity index (χ1v) is 6.00. The van der Waals surface area contributed by atoms with Crippen LogP contribution in [0.15, 0.2) is 24.3 Å². The molecule has 0 unspecified atom stereocenters. The molecule has 0 radical (unpaired) electrons. The SMILES string of the molecule is Cc1nc(CCN)n(C)c1-c1ccccc1Cl. The molecule has 0 bridgehead atoms. The molecule has 0 aliphatic rings. The van der Waals surface area contributed by atoms with Gasteiger partial charge < -0.3 is 10.3 Å². The Morgan fingerprint density at radius 1 is 1.35 bits per heavy atom. The van der Waals surface area contributed by atoms with Crippen LogP contribution in [0, 0.1) is 6.92 Å². The van der Waals surface area contributed by atoms with Gasteiger partial charge in [0.15, 0.2) is 0 Å². The molecule has 3 nitrogen and oxygen atoms in total. The van der Waals surface area contributed by atoms with Crippen molar-refractivity contribution in [2.75, 3.05) is 6.54 Å². The second kappa shape index (κ2) is 4.90. The molecular weight excluding hydrogens is 234 g/mol. The van der Waals surface area contributed by atoms with Gasteiger partial charge in [0.25, 0.3) is 0 Å². The Balaban J connectivity index is 2.56. The molecule has 0 fully saturated rings. The number of nitrogens with zero attached hydrogens (tertiary/aromatic N) is 2. The zero-order valence-electron chi connectivity index (χ0n) is 10.1. The first-order chi connectivity index (χ1) is 8.15.